The average Bonchev–Trinajstić information content (AvgIpc) is 2.82. The van der Waals surface area contributed by atoms with Gasteiger partial charge in [0.05, 0.1) is 12.2 Å². The van der Waals surface area contributed by atoms with Crippen molar-refractivity contribution in [2.75, 3.05) is 0 Å². The summed E-state index contributed by atoms with van der Waals surface area (Å²) in [5, 5.41) is 9.57. The summed E-state index contributed by atoms with van der Waals surface area (Å²) in [6.45, 7) is 1.32. The van der Waals surface area contributed by atoms with E-state index in [0.717, 1.165) is 5.56 Å². The van der Waals surface area contributed by atoms with E-state index in [1.807, 2.05) is 30.3 Å². The van der Waals surface area contributed by atoms with Crippen LogP contribution >= 0.6 is 0 Å². The standard InChI is InChI=1S/C15H13NO4/c1-10(17)19-13(11-5-3-2-4-6-11)15(9-16)12-7-8-18-14(12)20-15/h2-8,12-14H,1H3/t12-,13-,14-,15-/m1/s1. The molecule has 20 heavy (non-hydrogen) atoms. The largest absolute Gasteiger partial charge is 0.472 e. The zero-order valence-corrected chi connectivity index (χ0v) is 10.9. The number of nitrogens with zero attached hydrogens (tertiary/aromatic N) is 1. The lowest BCUT2D eigenvalue weighted by Crippen LogP contribution is -2.61. The van der Waals surface area contributed by atoms with Crippen LogP contribution in [-0.4, -0.2) is 17.9 Å². The second-order valence-corrected chi connectivity index (χ2v) is 4.78. The highest BCUT2D eigenvalue weighted by atomic mass is 16.7. The van der Waals surface area contributed by atoms with Crippen molar-refractivity contribution in [1.29, 1.82) is 5.26 Å². The van der Waals surface area contributed by atoms with Gasteiger partial charge in [-0.25, -0.2) is 0 Å². The van der Waals surface area contributed by atoms with Crippen molar-refractivity contribution in [2.45, 2.75) is 24.9 Å². The summed E-state index contributed by atoms with van der Waals surface area (Å²) >= 11 is 0. The molecule has 0 spiro atoms. The van der Waals surface area contributed by atoms with Gasteiger partial charge >= 0.3 is 5.97 Å². The van der Waals surface area contributed by atoms with E-state index in [2.05, 4.69) is 6.07 Å². The van der Waals surface area contributed by atoms with Gasteiger partial charge in [-0.3, -0.25) is 4.79 Å². The van der Waals surface area contributed by atoms with Gasteiger partial charge in [0.25, 0.3) is 0 Å². The molecule has 1 aromatic rings. The fourth-order valence-electron chi connectivity index (χ4n) is 2.62. The summed E-state index contributed by atoms with van der Waals surface area (Å²) in [5.74, 6) is -0.694. The third kappa shape index (κ3) is 1.77. The van der Waals surface area contributed by atoms with Crippen molar-refractivity contribution >= 4 is 5.97 Å². The fourth-order valence-corrected chi connectivity index (χ4v) is 2.62. The second kappa shape index (κ2) is 4.66. The number of carbonyl (C=O) groups is 1. The topological polar surface area (TPSA) is 68.6 Å². The van der Waals surface area contributed by atoms with E-state index in [1.54, 1.807) is 6.08 Å². The maximum absolute atomic E-state index is 11.4. The van der Waals surface area contributed by atoms with Crippen LogP contribution in [0.3, 0.4) is 0 Å². The molecule has 1 fully saturated rings. The van der Waals surface area contributed by atoms with Gasteiger partial charge < -0.3 is 14.2 Å². The summed E-state index contributed by atoms with van der Waals surface area (Å²) in [4.78, 5) is 11.4. The van der Waals surface area contributed by atoms with Gasteiger partial charge in [0.15, 0.2) is 6.10 Å². The number of nitriles is 1. The Morgan fingerprint density at radius 1 is 1.45 bits per heavy atom. The van der Waals surface area contributed by atoms with E-state index < -0.39 is 24.0 Å². The smallest absolute Gasteiger partial charge is 0.303 e. The number of fused-ring (bicyclic) bond motifs is 1. The zero-order valence-electron chi connectivity index (χ0n) is 10.9. The number of esters is 1. The highest BCUT2D eigenvalue weighted by Gasteiger charge is 2.64. The molecule has 1 saturated heterocycles. The molecule has 0 N–H and O–H groups in total. The number of hydrogen-bond acceptors (Lipinski definition) is 5. The lowest BCUT2D eigenvalue weighted by molar-refractivity contribution is -0.319. The van der Waals surface area contributed by atoms with Crippen LogP contribution in [0.5, 0.6) is 0 Å². The molecule has 2 aliphatic rings. The maximum atomic E-state index is 11.4. The summed E-state index contributed by atoms with van der Waals surface area (Å²) < 4.78 is 16.2. The number of benzene rings is 1. The van der Waals surface area contributed by atoms with Crippen molar-refractivity contribution in [3.8, 4) is 6.07 Å². The molecule has 4 atom stereocenters. The van der Waals surface area contributed by atoms with E-state index in [-0.39, 0.29) is 5.92 Å². The van der Waals surface area contributed by atoms with Crippen molar-refractivity contribution in [2.24, 2.45) is 5.92 Å². The Balaban J connectivity index is 1.99. The molecule has 2 heterocycles. The Labute approximate surface area is 116 Å². The molecule has 102 valence electrons. The molecule has 1 aromatic carbocycles. The molecule has 5 nitrogen and oxygen atoms in total. The van der Waals surface area contributed by atoms with E-state index in [4.69, 9.17) is 14.2 Å². The van der Waals surface area contributed by atoms with Crippen molar-refractivity contribution in [3.05, 3.63) is 48.2 Å². The first-order valence-electron chi connectivity index (χ1n) is 6.31. The van der Waals surface area contributed by atoms with Crippen LogP contribution in [0.4, 0.5) is 0 Å². The lowest BCUT2D eigenvalue weighted by Gasteiger charge is -2.48. The molecule has 5 heteroatoms. The Bertz CT molecular complexity index is 592. The molecule has 0 radical (unpaired) electrons. The molecule has 3 rings (SSSR count). The Hall–Kier alpha value is -2.32. The highest BCUT2D eigenvalue weighted by molar-refractivity contribution is 5.66. The van der Waals surface area contributed by atoms with E-state index in [1.165, 1.54) is 13.2 Å². The maximum Gasteiger partial charge on any atom is 0.303 e. The molecule has 2 aliphatic heterocycles. The lowest BCUT2D eigenvalue weighted by atomic mass is 9.76. The van der Waals surface area contributed by atoms with Crippen LogP contribution in [0.25, 0.3) is 0 Å². The first-order valence-corrected chi connectivity index (χ1v) is 6.31. The van der Waals surface area contributed by atoms with Crippen molar-refractivity contribution in [3.63, 3.8) is 0 Å². The third-order valence-corrected chi connectivity index (χ3v) is 3.55. The quantitative estimate of drug-likeness (QED) is 0.787. The van der Waals surface area contributed by atoms with Gasteiger partial charge in [0.2, 0.25) is 11.9 Å². The monoisotopic (exact) mass is 271 g/mol. The summed E-state index contributed by atoms with van der Waals surface area (Å²) in [6.07, 6.45) is 2.05. The first-order chi connectivity index (χ1) is 9.67. The van der Waals surface area contributed by atoms with E-state index in [9.17, 15) is 10.1 Å². The predicted octanol–water partition coefficient (Wildman–Crippen LogP) is 2.07. The van der Waals surface area contributed by atoms with E-state index in [0.29, 0.717) is 0 Å². The average molecular weight is 271 g/mol. The van der Waals surface area contributed by atoms with Gasteiger partial charge in [0, 0.05) is 6.92 Å². The zero-order chi connectivity index (χ0) is 14.2. The first kappa shape index (κ1) is 12.7. The minimum atomic E-state index is -1.23. The molecular weight excluding hydrogens is 258 g/mol. The number of hydrogen-bond donors (Lipinski definition) is 0. The van der Waals surface area contributed by atoms with Gasteiger partial charge in [-0.1, -0.05) is 30.3 Å². The number of rotatable bonds is 3. The molecule has 0 aliphatic carbocycles. The third-order valence-electron chi connectivity index (χ3n) is 3.55. The molecule has 0 bridgehead atoms. The van der Waals surface area contributed by atoms with Crippen LogP contribution in [0.15, 0.2) is 42.7 Å². The molecule has 0 unspecified atom stereocenters. The fraction of sp³-hybridized carbons (Fsp3) is 0.333. The van der Waals surface area contributed by atoms with Crippen LogP contribution in [-0.2, 0) is 19.0 Å². The Morgan fingerprint density at radius 2 is 2.20 bits per heavy atom. The molecule has 0 saturated carbocycles. The normalized spacial score (nSPS) is 31.4. The molecule has 0 amide bonds. The SMILES string of the molecule is CC(=O)O[C@H](c1ccccc1)[C@]1(C#N)O[C@H]2OC=C[C@H]21. The second-order valence-electron chi connectivity index (χ2n) is 4.78. The van der Waals surface area contributed by atoms with Gasteiger partial charge in [-0.15, -0.1) is 0 Å². The summed E-state index contributed by atoms with van der Waals surface area (Å²) in [7, 11) is 0. The van der Waals surface area contributed by atoms with Gasteiger partial charge in [0.1, 0.15) is 6.07 Å². The minimum Gasteiger partial charge on any atom is -0.472 e. The number of ether oxygens (including phenoxy) is 3. The predicted molar refractivity (Wildman–Crippen MR) is 67.9 cm³/mol. The Kier molecular flexibility index (Phi) is 2.96. The minimum absolute atomic E-state index is 0.239. The van der Waals surface area contributed by atoms with Crippen LogP contribution in [0.1, 0.15) is 18.6 Å². The summed E-state index contributed by atoms with van der Waals surface area (Å²) in [6, 6.07) is 11.3. The van der Waals surface area contributed by atoms with Crippen LogP contribution in [0, 0.1) is 17.2 Å². The van der Waals surface area contributed by atoms with Crippen LogP contribution in [0.2, 0.25) is 0 Å². The van der Waals surface area contributed by atoms with Gasteiger partial charge in [-0.2, -0.15) is 5.26 Å². The number of carbonyl (C=O) groups excluding carboxylic acids is 1. The highest BCUT2D eigenvalue weighted by Crippen LogP contribution is 2.51. The Morgan fingerprint density at radius 3 is 2.80 bits per heavy atom. The van der Waals surface area contributed by atoms with Crippen molar-refractivity contribution < 1.29 is 19.0 Å². The van der Waals surface area contributed by atoms with E-state index >= 15 is 0 Å². The summed E-state index contributed by atoms with van der Waals surface area (Å²) in [5.41, 5.74) is -0.506. The van der Waals surface area contributed by atoms with Crippen LogP contribution < -0.4 is 0 Å². The van der Waals surface area contributed by atoms with Gasteiger partial charge in [-0.05, 0) is 11.6 Å². The van der Waals surface area contributed by atoms with Crippen molar-refractivity contribution in [1.82, 2.24) is 0 Å². The molecule has 0 aromatic heterocycles. The molecular formula is C15H13NO4.